The minimum Gasteiger partial charge on any atom is -0.355 e. The van der Waals surface area contributed by atoms with E-state index in [1.54, 1.807) is 6.20 Å². The number of nitrogens with one attached hydrogen (secondary N) is 1. The van der Waals surface area contributed by atoms with Gasteiger partial charge in [0, 0.05) is 43.9 Å². The number of sulfonamides is 1. The Kier molecular flexibility index (Phi) is 6.35. The molecule has 1 aromatic carbocycles. The highest BCUT2D eigenvalue weighted by Gasteiger charge is 2.33. The van der Waals surface area contributed by atoms with E-state index in [0.29, 0.717) is 31.9 Å². The summed E-state index contributed by atoms with van der Waals surface area (Å²) >= 11 is 0. The molecule has 150 valence electrons. The van der Waals surface area contributed by atoms with Gasteiger partial charge in [0.25, 0.3) is 0 Å². The van der Waals surface area contributed by atoms with E-state index < -0.39 is 26.6 Å². The maximum atomic E-state index is 13.9. The lowest BCUT2D eigenvalue weighted by atomic mass is 9.97. The van der Waals surface area contributed by atoms with E-state index in [0.717, 1.165) is 22.1 Å². The van der Waals surface area contributed by atoms with Crippen molar-refractivity contribution in [2.45, 2.75) is 24.2 Å². The van der Waals surface area contributed by atoms with Crippen molar-refractivity contribution in [3.05, 3.63) is 59.9 Å². The first-order valence-electron chi connectivity index (χ1n) is 9.01. The van der Waals surface area contributed by atoms with Crippen molar-refractivity contribution in [3.8, 4) is 0 Å². The minimum absolute atomic E-state index is 0.0800. The lowest BCUT2D eigenvalue weighted by molar-refractivity contribution is -0.126. The highest BCUT2D eigenvalue weighted by atomic mass is 32.2. The number of piperidine rings is 1. The van der Waals surface area contributed by atoms with Gasteiger partial charge in [-0.2, -0.15) is 4.31 Å². The summed E-state index contributed by atoms with van der Waals surface area (Å²) in [4.78, 5) is 15.8. The van der Waals surface area contributed by atoms with Crippen LogP contribution in [0.1, 0.15) is 18.5 Å². The number of halogens is 2. The molecule has 0 spiro atoms. The SMILES string of the molecule is O=C(NCCc1ccccn1)C1CCN(S(=O)(=O)c2cc(F)ccc2F)CC1. The Balaban J connectivity index is 1.53. The molecule has 1 N–H and O–H groups in total. The molecule has 6 nitrogen and oxygen atoms in total. The second-order valence-electron chi connectivity index (χ2n) is 6.62. The van der Waals surface area contributed by atoms with Gasteiger partial charge in [-0.1, -0.05) is 6.07 Å². The number of pyridine rings is 1. The van der Waals surface area contributed by atoms with Crippen LogP contribution in [0.25, 0.3) is 0 Å². The van der Waals surface area contributed by atoms with Gasteiger partial charge in [-0.25, -0.2) is 17.2 Å². The van der Waals surface area contributed by atoms with Crippen LogP contribution < -0.4 is 5.32 Å². The molecule has 0 aliphatic carbocycles. The number of carbonyl (C=O) groups excluding carboxylic acids is 1. The maximum Gasteiger partial charge on any atom is 0.246 e. The van der Waals surface area contributed by atoms with Crippen LogP contribution in [0.2, 0.25) is 0 Å². The fourth-order valence-corrected chi connectivity index (χ4v) is 4.72. The molecule has 28 heavy (non-hydrogen) atoms. The van der Waals surface area contributed by atoms with Crippen molar-refractivity contribution in [1.29, 1.82) is 0 Å². The quantitative estimate of drug-likeness (QED) is 0.793. The molecule has 0 radical (unpaired) electrons. The third kappa shape index (κ3) is 4.71. The zero-order chi connectivity index (χ0) is 20.1. The maximum absolute atomic E-state index is 13.9. The van der Waals surface area contributed by atoms with Gasteiger partial charge >= 0.3 is 0 Å². The molecule has 9 heteroatoms. The molecule has 0 unspecified atom stereocenters. The van der Waals surface area contributed by atoms with Gasteiger partial charge in [0.1, 0.15) is 16.5 Å². The summed E-state index contributed by atoms with van der Waals surface area (Å²) < 4.78 is 53.5. The number of hydrogen-bond donors (Lipinski definition) is 1. The van der Waals surface area contributed by atoms with Gasteiger partial charge < -0.3 is 5.32 Å². The molecule has 2 heterocycles. The van der Waals surface area contributed by atoms with E-state index in [9.17, 15) is 22.0 Å². The molecule has 1 aliphatic rings. The zero-order valence-electron chi connectivity index (χ0n) is 15.1. The second-order valence-corrected chi connectivity index (χ2v) is 8.52. The number of hydrogen-bond acceptors (Lipinski definition) is 4. The van der Waals surface area contributed by atoms with Gasteiger partial charge in [-0.3, -0.25) is 9.78 Å². The van der Waals surface area contributed by atoms with Gasteiger partial charge in [-0.05, 0) is 43.2 Å². The first-order chi connectivity index (χ1) is 13.4. The average molecular weight is 409 g/mol. The van der Waals surface area contributed by atoms with Crippen molar-refractivity contribution < 1.29 is 22.0 Å². The highest BCUT2D eigenvalue weighted by molar-refractivity contribution is 7.89. The third-order valence-corrected chi connectivity index (χ3v) is 6.66. The Morgan fingerprint density at radius 3 is 2.61 bits per heavy atom. The normalized spacial score (nSPS) is 16.1. The minimum atomic E-state index is -4.14. The summed E-state index contributed by atoms with van der Waals surface area (Å²) in [5.41, 5.74) is 0.876. The zero-order valence-corrected chi connectivity index (χ0v) is 16.0. The summed E-state index contributed by atoms with van der Waals surface area (Å²) in [7, 11) is -4.14. The van der Waals surface area contributed by atoms with Crippen molar-refractivity contribution in [1.82, 2.24) is 14.6 Å². The fraction of sp³-hybridized carbons (Fsp3) is 0.368. The smallest absolute Gasteiger partial charge is 0.246 e. The molecular formula is C19H21F2N3O3S. The molecule has 2 aromatic rings. The summed E-state index contributed by atoms with van der Waals surface area (Å²) in [6.07, 6.45) is 2.95. The summed E-state index contributed by atoms with van der Waals surface area (Å²) in [5, 5.41) is 2.85. The van der Waals surface area contributed by atoms with E-state index >= 15 is 0 Å². The molecule has 1 saturated heterocycles. The Labute approximate surface area is 162 Å². The lowest BCUT2D eigenvalue weighted by Gasteiger charge is -2.30. The average Bonchev–Trinajstić information content (AvgIpc) is 2.70. The van der Waals surface area contributed by atoms with Crippen LogP contribution in [0.5, 0.6) is 0 Å². The molecule has 1 aromatic heterocycles. The van der Waals surface area contributed by atoms with Gasteiger partial charge in [0.2, 0.25) is 15.9 Å². The van der Waals surface area contributed by atoms with Crippen LogP contribution in [-0.2, 0) is 21.2 Å². The van der Waals surface area contributed by atoms with Crippen molar-refractivity contribution in [3.63, 3.8) is 0 Å². The lowest BCUT2D eigenvalue weighted by Crippen LogP contribution is -2.43. The summed E-state index contributed by atoms with van der Waals surface area (Å²) in [6, 6.07) is 7.92. The Morgan fingerprint density at radius 2 is 1.93 bits per heavy atom. The molecule has 1 fully saturated rings. The van der Waals surface area contributed by atoms with Crippen molar-refractivity contribution >= 4 is 15.9 Å². The second kappa shape index (κ2) is 8.74. The Bertz CT molecular complexity index is 931. The van der Waals surface area contributed by atoms with Gasteiger partial charge in [0.05, 0.1) is 0 Å². The van der Waals surface area contributed by atoms with Crippen molar-refractivity contribution in [2.75, 3.05) is 19.6 Å². The number of amides is 1. The van der Waals surface area contributed by atoms with Gasteiger partial charge in [-0.15, -0.1) is 0 Å². The molecular weight excluding hydrogens is 388 g/mol. The van der Waals surface area contributed by atoms with E-state index in [4.69, 9.17) is 0 Å². The first-order valence-corrected chi connectivity index (χ1v) is 10.4. The standard InChI is InChI=1S/C19H21F2N3O3S/c20-15-4-5-17(21)18(13-15)28(26,27)24-11-7-14(8-12-24)19(25)23-10-6-16-3-1-2-9-22-16/h1-5,9,13-14H,6-8,10-12H2,(H,23,25). The molecule has 0 bridgehead atoms. The number of rotatable bonds is 6. The van der Waals surface area contributed by atoms with Gasteiger partial charge in [0.15, 0.2) is 0 Å². The van der Waals surface area contributed by atoms with E-state index in [1.165, 1.54) is 0 Å². The molecule has 0 atom stereocenters. The summed E-state index contributed by atoms with van der Waals surface area (Å²) in [5.74, 6) is -2.25. The van der Waals surface area contributed by atoms with Crippen LogP contribution in [0.15, 0.2) is 47.5 Å². The largest absolute Gasteiger partial charge is 0.355 e. The number of nitrogens with zero attached hydrogens (tertiary/aromatic N) is 2. The predicted octanol–water partition coefficient (Wildman–Crippen LogP) is 2.12. The number of benzene rings is 1. The van der Waals surface area contributed by atoms with Crippen LogP contribution in [-0.4, -0.2) is 43.2 Å². The van der Waals surface area contributed by atoms with Crippen LogP contribution in [0, 0.1) is 17.6 Å². The molecule has 1 amide bonds. The van der Waals surface area contributed by atoms with Crippen molar-refractivity contribution in [2.24, 2.45) is 5.92 Å². The monoisotopic (exact) mass is 409 g/mol. The molecule has 1 aliphatic heterocycles. The summed E-state index contributed by atoms with van der Waals surface area (Å²) in [6.45, 7) is 0.607. The van der Waals surface area contributed by atoms with Crippen LogP contribution in [0.4, 0.5) is 8.78 Å². The Hall–Kier alpha value is -2.39. The fourth-order valence-electron chi connectivity index (χ4n) is 3.18. The first kappa shape index (κ1) is 20.3. The van der Waals surface area contributed by atoms with E-state index in [-0.39, 0.29) is 24.9 Å². The number of aromatic nitrogens is 1. The van der Waals surface area contributed by atoms with Crippen LogP contribution >= 0.6 is 0 Å². The van der Waals surface area contributed by atoms with E-state index in [2.05, 4.69) is 10.3 Å². The topological polar surface area (TPSA) is 79.4 Å². The highest BCUT2D eigenvalue weighted by Crippen LogP contribution is 2.26. The van der Waals surface area contributed by atoms with Crippen LogP contribution in [0.3, 0.4) is 0 Å². The number of carbonyl (C=O) groups is 1. The third-order valence-electron chi connectivity index (χ3n) is 4.74. The molecule has 0 saturated carbocycles. The van der Waals surface area contributed by atoms with E-state index in [1.807, 2.05) is 18.2 Å². The molecule has 3 rings (SSSR count). The Morgan fingerprint density at radius 1 is 1.18 bits per heavy atom. The predicted molar refractivity (Wildman–Crippen MR) is 98.8 cm³/mol.